The Morgan fingerprint density at radius 3 is 0.985 bits per heavy atom. The number of ketones is 2. The third-order valence-electron chi connectivity index (χ3n) is 25.2. The SMILES string of the molecule is CC1=C(/C=C/C(C)=C/C=C/C(C)=C/C(=O)C[C@@H](CCCCNC(=O)/C=C(C)/C=C/C=C(C)/C=C/C2=C(C)CCCC2(C)C)C(=O)NC/C=C\OOCCOCCCNC(=O)CCOCCC(=O)NC/C=C\OOCCOCCCNC(=O)[C@H](CCCCNC(=O)/C=C(C)/C=C/C=C(C)/C=C/C2=C(C)CCCC2(C)C)CC(=O)/C=C(C)/C=C/C=C(C)/C=C/C2=C(C)CCCC2(C)C)C(C)(C)CCC1. The standard InChI is InChI=1S/C116H172N6O15/c1-87(51-55-103-95(9)45-29-61-113(103,13)14)37-25-41-91(5)81-101(123)85-99(49-21-23-65-119-109(127)83-93(7)43-27-39-89(3)53-57-105-97(11)47-31-63-115(105,17)18)111(129)121-69-34-72-132-78-80-136-134-73-35-68-118-108(126)60-76-133-75-59-107(125)117-67-33-71-131-77-79-137-135-74-36-70-122-112(130)100(86-102(124)82-92(6)42-26-38-88(2)52-56-104-96(10)46-30-62-114(104,15)16)50-22-24-66-120-110(128)84-94(8)44-28-40-90(4)54-58-106-98(12)48-32-64-116(106,19)20/h25-28,35-44,51-58,73-74,81-84,99-100H,21-24,29-34,45-50,59-72,75-80,85-86H2,1-20H3,(H,117,125)(H,118,126)(H,119,127)(H,120,128)(H,121,129)(H,122,130)/b41-25+,42-26+,43-27+,44-28+,55-51+,56-52+,57-53+,58-54+,73-35-,74-36-,87-37+,88-38+,89-39+,90-40+,91-81+,92-82+,93-83+,94-84+/t99-,100-/m1/s1. The molecule has 0 fully saturated rings. The normalized spacial score (nSPS) is 18.0. The highest BCUT2D eigenvalue weighted by molar-refractivity contribution is 5.95. The zero-order valence-electron chi connectivity index (χ0n) is 87.3. The molecule has 4 aliphatic carbocycles. The number of allylic oxidation sites excluding steroid dienone is 38. The molecule has 2 atom stereocenters. The Balaban J connectivity index is 1.07. The smallest absolute Gasteiger partial charge is 0.244 e. The molecule has 0 unspecified atom stereocenters. The van der Waals surface area contributed by atoms with Crippen molar-refractivity contribution in [2.24, 2.45) is 33.5 Å². The number of rotatable bonds is 64. The van der Waals surface area contributed by atoms with Gasteiger partial charge in [-0.15, -0.1) is 0 Å². The molecule has 6 amide bonds. The molecule has 0 heterocycles. The zero-order chi connectivity index (χ0) is 101. The molecule has 4 rings (SSSR count). The summed E-state index contributed by atoms with van der Waals surface area (Å²) in [6.07, 6.45) is 72.4. The van der Waals surface area contributed by atoms with Gasteiger partial charge in [0, 0.05) is 102 Å². The number of amides is 6. The minimum Gasteiger partial charge on any atom is -0.380 e. The molecule has 0 bridgehead atoms. The van der Waals surface area contributed by atoms with Gasteiger partial charge < -0.3 is 55.9 Å². The van der Waals surface area contributed by atoms with E-state index in [0.29, 0.717) is 90.8 Å². The van der Waals surface area contributed by atoms with Gasteiger partial charge in [0.1, 0.15) is 25.7 Å². The van der Waals surface area contributed by atoms with Crippen LogP contribution < -0.4 is 31.9 Å². The second kappa shape index (κ2) is 67.2. The highest BCUT2D eigenvalue weighted by Gasteiger charge is 2.31. The number of nitrogens with one attached hydrogen (secondary N) is 6. The lowest BCUT2D eigenvalue weighted by Gasteiger charge is -2.33. The molecule has 0 aromatic carbocycles. The Hall–Kier alpha value is -10.2. The number of carbonyl (C=O) groups is 8. The molecule has 21 heteroatoms. The Labute approximate surface area is 824 Å². The fourth-order valence-corrected chi connectivity index (χ4v) is 17.2. The van der Waals surface area contributed by atoms with Crippen LogP contribution in [0.5, 0.6) is 0 Å². The first kappa shape index (κ1) is 119. The fourth-order valence-electron chi connectivity index (χ4n) is 17.2. The van der Waals surface area contributed by atoms with Crippen molar-refractivity contribution in [3.05, 3.63) is 260 Å². The monoisotopic (exact) mass is 1890 g/mol. The lowest BCUT2D eigenvalue weighted by Crippen LogP contribution is -2.33. The maximum absolute atomic E-state index is 13.7. The van der Waals surface area contributed by atoms with Crippen LogP contribution in [0.25, 0.3) is 0 Å². The van der Waals surface area contributed by atoms with E-state index in [1.165, 1.54) is 108 Å². The molecule has 0 spiro atoms. The van der Waals surface area contributed by atoms with Crippen molar-refractivity contribution in [1.29, 1.82) is 0 Å². The van der Waals surface area contributed by atoms with Gasteiger partial charge in [0.05, 0.1) is 26.4 Å². The van der Waals surface area contributed by atoms with Crippen LogP contribution in [0.15, 0.2) is 260 Å². The van der Waals surface area contributed by atoms with Crippen LogP contribution in [-0.2, 0) is 72.1 Å². The van der Waals surface area contributed by atoms with Gasteiger partial charge in [0.15, 0.2) is 11.6 Å². The third kappa shape index (κ3) is 53.6. The second-order valence-electron chi connectivity index (χ2n) is 39.8. The van der Waals surface area contributed by atoms with E-state index in [4.69, 9.17) is 33.8 Å². The largest absolute Gasteiger partial charge is 0.380 e. The first-order chi connectivity index (χ1) is 65.3. The van der Waals surface area contributed by atoms with Gasteiger partial charge in [-0.2, -0.15) is 9.78 Å². The summed E-state index contributed by atoms with van der Waals surface area (Å²) in [4.78, 5) is 126. The molecular formula is C116H172N6O15. The van der Waals surface area contributed by atoms with Gasteiger partial charge in [-0.1, -0.05) is 234 Å². The van der Waals surface area contributed by atoms with Crippen molar-refractivity contribution in [1.82, 2.24) is 31.9 Å². The molecule has 0 radical (unpaired) electrons. The van der Waals surface area contributed by atoms with E-state index in [1.54, 1.807) is 36.5 Å². The van der Waals surface area contributed by atoms with Crippen molar-refractivity contribution >= 4 is 47.0 Å². The number of ether oxygens (including phenoxy) is 3. The van der Waals surface area contributed by atoms with Gasteiger partial charge in [-0.05, 0) is 289 Å². The quantitative estimate of drug-likeness (QED) is 0.00825. The lowest BCUT2D eigenvalue weighted by molar-refractivity contribution is -0.255. The minimum absolute atomic E-state index is 0.0225. The van der Waals surface area contributed by atoms with Crippen molar-refractivity contribution in [2.45, 2.75) is 293 Å². The summed E-state index contributed by atoms with van der Waals surface area (Å²) < 4.78 is 16.8. The highest BCUT2D eigenvalue weighted by Crippen LogP contribution is 2.44. The molecular weight excluding hydrogens is 1720 g/mol. The van der Waals surface area contributed by atoms with Gasteiger partial charge in [0.25, 0.3) is 0 Å². The van der Waals surface area contributed by atoms with Crippen molar-refractivity contribution in [2.75, 3.05) is 92.1 Å². The van der Waals surface area contributed by atoms with E-state index < -0.39 is 11.8 Å². The van der Waals surface area contributed by atoms with Crippen LogP contribution in [0.3, 0.4) is 0 Å². The van der Waals surface area contributed by atoms with E-state index in [1.807, 2.05) is 101 Å². The van der Waals surface area contributed by atoms with E-state index in [9.17, 15) is 38.4 Å². The molecule has 0 saturated carbocycles. The summed E-state index contributed by atoms with van der Waals surface area (Å²) in [7, 11) is 0. The lowest BCUT2D eigenvalue weighted by atomic mass is 9.72. The van der Waals surface area contributed by atoms with Gasteiger partial charge in [-0.3, -0.25) is 38.4 Å². The fraction of sp³-hybridized carbons (Fsp3) is 0.552. The molecule has 6 N–H and O–H groups in total. The third-order valence-corrected chi connectivity index (χ3v) is 25.2. The number of hydrogen-bond acceptors (Lipinski definition) is 15. The van der Waals surface area contributed by atoms with Crippen LogP contribution in [0.2, 0.25) is 0 Å². The highest BCUT2D eigenvalue weighted by atomic mass is 17.2. The predicted molar refractivity (Wildman–Crippen MR) is 560 cm³/mol. The zero-order valence-corrected chi connectivity index (χ0v) is 87.3. The molecule has 0 aromatic heterocycles. The van der Waals surface area contributed by atoms with Gasteiger partial charge >= 0.3 is 0 Å². The van der Waals surface area contributed by atoms with E-state index in [2.05, 4.69) is 191 Å². The summed E-state index contributed by atoms with van der Waals surface area (Å²) in [6, 6.07) is 0. The Bertz CT molecular complexity index is 4620. The molecule has 21 nitrogen and oxygen atoms in total. The van der Waals surface area contributed by atoms with Crippen molar-refractivity contribution in [3.63, 3.8) is 0 Å². The van der Waals surface area contributed by atoms with Crippen LogP contribution in [-0.4, -0.2) is 139 Å². The van der Waals surface area contributed by atoms with Gasteiger partial charge in [0.2, 0.25) is 35.4 Å². The van der Waals surface area contributed by atoms with E-state index >= 15 is 0 Å². The molecule has 137 heavy (non-hydrogen) atoms. The van der Waals surface area contributed by atoms with Crippen molar-refractivity contribution < 1.29 is 72.1 Å². The molecule has 0 aromatic rings. The predicted octanol–water partition coefficient (Wildman–Crippen LogP) is 23.8. The Kier molecular flexibility index (Phi) is 58.4. The number of carbonyl (C=O) groups excluding carboxylic acids is 8. The minimum atomic E-state index is -0.601. The average Bonchev–Trinajstić information content (AvgIpc) is 0.834. The van der Waals surface area contributed by atoms with Crippen LogP contribution in [0.1, 0.15) is 293 Å². The van der Waals surface area contributed by atoms with Crippen molar-refractivity contribution in [3.8, 4) is 0 Å². The maximum Gasteiger partial charge on any atom is 0.244 e. The Morgan fingerprint density at radius 2 is 0.635 bits per heavy atom. The molecule has 4 aliphatic rings. The summed E-state index contributed by atoms with van der Waals surface area (Å²) in [6.45, 7) is 46.9. The second-order valence-corrected chi connectivity index (χ2v) is 39.8. The van der Waals surface area contributed by atoms with Gasteiger partial charge in [-0.25, -0.2) is 0 Å². The first-order valence-electron chi connectivity index (χ1n) is 50.2. The summed E-state index contributed by atoms with van der Waals surface area (Å²) in [5, 5.41) is 17.4. The van der Waals surface area contributed by atoms with E-state index in [-0.39, 0.29) is 147 Å². The summed E-state index contributed by atoms with van der Waals surface area (Å²) >= 11 is 0. The first-order valence-corrected chi connectivity index (χ1v) is 50.2. The van der Waals surface area contributed by atoms with Crippen LogP contribution >= 0.6 is 0 Å². The summed E-state index contributed by atoms with van der Waals surface area (Å²) in [5.74, 6) is -2.74. The van der Waals surface area contributed by atoms with E-state index in [0.717, 1.165) is 70.3 Å². The number of unbranched alkanes of at least 4 members (excludes halogenated alkanes) is 2. The summed E-state index contributed by atoms with van der Waals surface area (Å²) in [5.41, 5.74) is 19.8. The molecule has 0 aliphatic heterocycles. The topological polar surface area (TPSA) is 273 Å². The molecule has 756 valence electrons. The van der Waals surface area contributed by atoms with Crippen LogP contribution in [0, 0.1) is 33.5 Å². The maximum atomic E-state index is 13.7. The average molecular weight is 1890 g/mol. The number of hydrogen-bond donors (Lipinski definition) is 6. The molecule has 0 saturated heterocycles. The Morgan fingerprint density at radius 1 is 0.328 bits per heavy atom. The van der Waals surface area contributed by atoms with Crippen LogP contribution in [0.4, 0.5) is 0 Å².